The van der Waals surface area contributed by atoms with Gasteiger partial charge in [-0.15, -0.1) is 8.78 Å². The van der Waals surface area contributed by atoms with Crippen LogP contribution >= 0.6 is 0 Å². The highest BCUT2D eigenvalue weighted by atomic mass is 35.5. The molecule has 0 saturated heterocycles. The lowest BCUT2D eigenvalue weighted by molar-refractivity contribution is -0.975. The van der Waals surface area contributed by atoms with Crippen molar-refractivity contribution in [1.82, 2.24) is 0 Å². The molecule has 202 valence electrons. The highest BCUT2D eigenvalue weighted by Gasteiger charge is 2.97. The number of rotatable bonds is 8. The topological polar surface area (TPSA) is 0 Å². The molecular weight excluding hydrogens is 555 g/mol. The van der Waals surface area contributed by atoms with E-state index in [4.69, 9.17) is 0 Å². The number of halogens is 20. The Morgan fingerprint density at radius 3 is 0.697 bits per heavy atom. The van der Waals surface area contributed by atoms with Gasteiger partial charge < -0.3 is 12.4 Å². The van der Waals surface area contributed by atoms with Crippen LogP contribution in [-0.4, -0.2) is 79.3 Å². The molecule has 0 fully saturated rings. The molecule has 0 aliphatic heterocycles. The summed E-state index contributed by atoms with van der Waals surface area (Å²) in [4.78, 5) is 0. The van der Waals surface area contributed by atoms with Gasteiger partial charge in [-0.2, -0.15) is 74.6 Å². The minimum Gasteiger partial charge on any atom is -1.00 e. The predicted octanol–water partition coefficient (Wildman–Crippen LogP) is 3.30. The van der Waals surface area contributed by atoms with Crippen LogP contribution in [0.5, 0.6) is 0 Å². The van der Waals surface area contributed by atoms with Gasteiger partial charge in [0, 0.05) is 0 Å². The van der Waals surface area contributed by atoms with E-state index in [1.165, 1.54) is 0 Å². The van der Waals surface area contributed by atoms with Gasteiger partial charge in [0.2, 0.25) is 0 Å². The normalized spacial score (nSPS) is 16.5. The first-order valence-corrected chi connectivity index (χ1v) is 7.16. The molecule has 0 spiro atoms. The lowest BCUT2D eigenvalue weighted by atomic mass is 9.88. The van der Waals surface area contributed by atoms with E-state index in [-0.39, 0.29) is 33.6 Å². The maximum Gasteiger partial charge on any atom is 0.461 e. The van der Waals surface area contributed by atoms with Crippen LogP contribution in [0.1, 0.15) is 0 Å². The summed E-state index contributed by atoms with van der Waals surface area (Å²) in [5.41, 5.74) is 0. The van der Waals surface area contributed by atoms with Crippen LogP contribution in [0, 0.1) is 0 Å². The van der Waals surface area contributed by atoms with Crippen molar-refractivity contribution in [3.63, 3.8) is 0 Å². The Bertz CT molecular complexity index is 641. The third kappa shape index (κ3) is 4.05. The fourth-order valence-electron chi connectivity index (χ4n) is 1.77. The van der Waals surface area contributed by atoms with E-state index >= 15 is 0 Å². The predicted molar refractivity (Wildman–Crippen MR) is 63.7 cm³/mol. The van der Waals surface area contributed by atoms with Crippen LogP contribution in [0.2, 0.25) is 0 Å². The Morgan fingerprint density at radius 1 is 0.333 bits per heavy atom. The van der Waals surface area contributed by atoms with Crippen molar-refractivity contribution in [3.05, 3.63) is 0 Å². The maximum atomic E-state index is 13.6. The molecular formula is C12H9ClF19N. The Kier molecular flexibility index (Phi) is 8.24. The summed E-state index contributed by atoms with van der Waals surface area (Å²) in [7, 11) is -0.396. The summed E-state index contributed by atoms with van der Waals surface area (Å²) < 4.78 is 245. The molecule has 0 aromatic rings. The molecule has 0 bridgehead atoms. The Morgan fingerprint density at radius 2 is 0.515 bits per heavy atom. The zero-order valence-electron chi connectivity index (χ0n) is 15.5. The van der Waals surface area contributed by atoms with Crippen LogP contribution in [0.4, 0.5) is 83.4 Å². The van der Waals surface area contributed by atoms with Crippen molar-refractivity contribution in [3.8, 4) is 0 Å². The van der Waals surface area contributed by atoms with E-state index in [2.05, 4.69) is 0 Å². The zero-order valence-corrected chi connectivity index (χ0v) is 16.3. The summed E-state index contributed by atoms with van der Waals surface area (Å²) in [6, 6.07) is -6.55. The largest absolute Gasteiger partial charge is 1.00 e. The van der Waals surface area contributed by atoms with Gasteiger partial charge in [-0.05, 0) is 0 Å². The van der Waals surface area contributed by atoms with E-state index in [1.807, 2.05) is 0 Å². The average Bonchev–Trinajstić information content (AvgIpc) is 2.51. The first-order valence-electron chi connectivity index (χ1n) is 7.16. The minimum atomic E-state index is -8.88. The van der Waals surface area contributed by atoms with Crippen molar-refractivity contribution in [1.29, 1.82) is 0 Å². The fraction of sp³-hybridized carbons (Fsp3) is 1.00. The molecule has 33 heavy (non-hydrogen) atoms. The third-order valence-electron chi connectivity index (χ3n) is 3.94. The standard InChI is InChI=1S/C12H9F19N.ClH/c1-32(2,3)12(30,31)10(25,26)8(21,22)6(17,18)4(13,14)5(15,16)7(19,20)9(23,24)11(27,28)29;/h1-3H3;1H/q+1;/p-1. The van der Waals surface area contributed by atoms with Crippen molar-refractivity contribution < 1.29 is 100 Å². The fourth-order valence-corrected chi connectivity index (χ4v) is 1.77. The van der Waals surface area contributed by atoms with Crippen LogP contribution in [-0.2, 0) is 0 Å². The molecule has 0 N–H and O–H groups in total. The molecule has 0 aromatic carbocycles. The lowest BCUT2D eigenvalue weighted by Crippen LogP contribution is -3.00. The highest BCUT2D eigenvalue weighted by Crippen LogP contribution is 2.65. The van der Waals surface area contributed by atoms with E-state index < -0.39 is 58.2 Å². The number of hydrogen-bond acceptors (Lipinski definition) is 0. The van der Waals surface area contributed by atoms with Gasteiger partial charge in [-0.1, -0.05) is 0 Å². The van der Waals surface area contributed by atoms with Gasteiger partial charge in [0.25, 0.3) is 0 Å². The molecule has 21 heteroatoms. The van der Waals surface area contributed by atoms with Crippen molar-refractivity contribution in [2.24, 2.45) is 0 Å². The molecule has 0 saturated carbocycles. The number of nitrogens with zero attached hydrogens (tertiary/aromatic N) is 1. The minimum absolute atomic E-state index is 0. The van der Waals surface area contributed by atoms with Crippen molar-refractivity contribution in [2.75, 3.05) is 21.1 Å². The van der Waals surface area contributed by atoms with Crippen LogP contribution in [0.3, 0.4) is 0 Å². The zero-order chi connectivity index (χ0) is 27.0. The van der Waals surface area contributed by atoms with Gasteiger partial charge in [-0.25, -0.2) is 0 Å². The Labute approximate surface area is 176 Å². The smallest absolute Gasteiger partial charge is 0.461 e. The summed E-state index contributed by atoms with van der Waals surface area (Å²) in [5.74, 6) is -59.7. The molecule has 0 aromatic heterocycles. The molecule has 0 unspecified atom stereocenters. The molecule has 0 heterocycles. The summed E-state index contributed by atoms with van der Waals surface area (Å²) in [5, 5.41) is 0. The number of quaternary nitrogens is 1. The van der Waals surface area contributed by atoms with E-state index in [1.54, 1.807) is 0 Å². The second kappa shape index (κ2) is 7.97. The highest BCUT2D eigenvalue weighted by molar-refractivity contribution is 5.16. The summed E-state index contributed by atoms with van der Waals surface area (Å²) in [6.07, 6.45) is -7.88. The molecule has 0 rings (SSSR count). The first kappa shape index (κ1) is 34.1. The SMILES string of the molecule is C[N+](C)(C)C(F)(F)C(F)(F)C(F)(F)C(F)(F)C(F)(F)C(F)(F)C(F)(F)C(F)(F)C(F)(F)F.[Cl-]. The van der Waals surface area contributed by atoms with Crippen LogP contribution in [0.15, 0.2) is 0 Å². The van der Waals surface area contributed by atoms with Gasteiger partial charge in [-0.3, -0.25) is 4.48 Å². The van der Waals surface area contributed by atoms with Gasteiger partial charge >= 0.3 is 53.7 Å². The Hall–Kier alpha value is -1.08. The van der Waals surface area contributed by atoms with Crippen LogP contribution < -0.4 is 12.4 Å². The van der Waals surface area contributed by atoms with E-state index in [0.29, 0.717) is 0 Å². The van der Waals surface area contributed by atoms with Crippen molar-refractivity contribution >= 4 is 0 Å². The van der Waals surface area contributed by atoms with E-state index in [0.717, 1.165) is 0 Å². The molecule has 0 atom stereocenters. The van der Waals surface area contributed by atoms with Crippen molar-refractivity contribution in [2.45, 2.75) is 53.7 Å². The van der Waals surface area contributed by atoms with E-state index in [9.17, 15) is 83.4 Å². The molecule has 0 radical (unpaired) electrons. The first-order chi connectivity index (χ1) is 13.2. The summed E-state index contributed by atoms with van der Waals surface area (Å²) in [6.45, 7) is 0. The third-order valence-corrected chi connectivity index (χ3v) is 3.94. The van der Waals surface area contributed by atoms with Gasteiger partial charge in [0.1, 0.15) is 0 Å². The number of hydrogen-bond donors (Lipinski definition) is 0. The Balaban J connectivity index is 0. The van der Waals surface area contributed by atoms with Crippen LogP contribution in [0.25, 0.3) is 0 Å². The van der Waals surface area contributed by atoms with Gasteiger partial charge in [0.05, 0.1) is 21.1 Å². The molecule has 1 nitrogen and oxygen atoms in total. The summed E-state index contributed by atoms with van der Waals surface area (Å²) >= 11 is 0. The monoisotopic (exact) mass is 563 g/mol. The average molecular weight is 564 g/mol. The quantitative estimate of drug-likeness (QED) is 0.242. The maximum absolute atomic E-state index is 13.6. The molecule has 0 amide bonds. The second-order valence-corrected chi connectivity index (χ2v) is 7.07. The lowest BCUT2D eigenvalue weighted by Gasteiger charge is -2.45. The second-order valence-electron chi connectivity index (χ2n) is 7.07. The molecule has 0 aliphatic carbocycles. The number of alkyl halides is 19. The van der Waals surface area contributed by atoms with Gasteiger partial charge in [0.15, 0.2) is 0 Å². The molecule has 0 aliphatic rings.